The van der Waals surface area contributed by atoms with Gasteiger partial charge in [0.1, 0.15) is 6.61 Å². The first kappa shape index (κ1) is 27.9. The second-order valence-electron chi connectivity index (χ2n) is 9.72. The molecule has 1 unspecified atom stereocenters. The smallest absolute Gasteiger partial charge is 0.338 e. The Labute approximate surface area is 242 Å². The Morgan fingerprint density at radius 2 is 1.63 bits per heavy atom. The predicted octanol–water partition coefficient (Wildman–Crippen LogP) is 5.96. The Morgan fingerprint density at radius 3 is 2.27 bits per heavy atom. The lowest BCUT2D eigenvalue weighted by molar-refractivity contribution is -0.384. The van der Waals surface area contributed by atoms with E-state index in [9.17, 15) is 19.7 Å². The number of amidine groups is 1. The van der Waals surface area contributed by atoms with Crippen LogP contribution in [0, 0.1) is 10.1 Å². The quantitative estimate of drug-likeness (QED) is 0.178. The van der Waals surface area contributed by atoms with Crippen LogP contribution in [0.5, 0.6) is 0 Å². The summed E-state index contributed by atoms with van der Waals surface area (Å²) in [6, 6.07) is 24.5. The van der Waals surface area contributed by atoms with Gasteiger partial charge in [0.25, 0.3) is 5.69 Å². The van der Waals surface area contributed by atoms with Crippen molar-refractivity contribution in [3.05, 3.63) is 134 Å². The molecule has 41 heavy (non-hydrogen) atoms. The summed E-state index contributed by atoms with van der Waals surface area (Å²) in [5, 5.41) is 13.8. The summed E-state index contributed by atoms with van der Waals surface area (Å²) in [5.74, 6) is -0.634. The van der Waals surface area contributed by atoms with Gasteiger partial charge in [-0.05, 0) is 41.2 Å². The first-order valence-electron chi connectivity index (χ1n) is 13.0. The van der Waals surface area contributed by atoms with Crippen molar-refractivity contribution in [3.63, 3.8) is 0 Å². The van der Waals surface area contributed by atoms with Crippen molar-refractivity contribution < 1.29 is 19.2 Å². The Kier molecular flexibility index (Phi) is 8.30. The monoisotopic (exact) mass is 568 g/mol. The van der Waals surface area contributed by atoms with Gasteiger partial charge in [-0.15, -0.1) is 0 Å². The number of nitrogens with zero attached hydrogens (tertiary/aromatic N) is 4. The van der Waals surface area contributed by atoms with Gasteiger partial charge in [0.15, 0.2) is 5.17 Å². The summed E-state index contributed by atoms with van der Waals surface area (Å²) >= 11 is 1.37. The van der Waals surface area contributed by atoms with Crippen LogP contribution < -0.4 is 0 Å². The zero-order chi connectivity index (χ0) is 28.9. The Bertz CT molecular complexity index is 1550. The topological polar surface area (TPSA) is 105 Å². The number of nitro groups is 1. The van der Waals surface area contributed by atoms with E-state index >= 15 is 0 Å². The van der Waals surface area contributed by atoms with Crippen molar-refractivity contribution in [1.29, 1.82) is 0 Å². The van der Waals surface area contributed by atoms with Gasteiger partial charge in [-0.3, -0.25) is 14.9 Å². The number of hydrogen-bond acceptors (Lipinski definition) is 8. The van der Waals surface area contributed by atoms with Crippen LogP contribution in [0.1, 0.15) is 36.1 Å². The van der Waals surface area contributed by atoms with Crippen molar-refractivity contribution in [2.24, 2.45) is 4.99 Å². The molecule has 0 radical (unpaired) electrons. The Balaban J connectivity index is 1.44. The molecule has 2 aliphatic heterocycles. The fourth-order valence-corrected chi connectivity index (χ4v) is 5.72. The van der Waals surface area contributed by atoms with E-state index in [4.69, 9.17) is 9.73 Å². The number of non-ortho nitro benzene ring substituents is 1. The number of amides is 1. The van der Waals surface area contributed by atoms with E-state index in [1.54, 1.807) is 31.0 Å². The van der Waals surface area contributed by atoms with Crippen LogP contribution >= 0.6 is 11.8 Å². The molecule has 0 saturated heterocycles. The predicted molar refractivity (Wildman–Crippen MR) is 157 cm³/mol. The summed E-state index contributed by atoms with van der Waals surface area (Å²) < 4.78 is 5.72. The highest BCUT2D eigenvalue weighted by Gasteiger charge is 2.41. The third-order valence-electron chi connectivity index (χ3n) is 6.87. The molecule has 1 atom stereocenters. The maximum absolute atomic E-state index is 13.6. The number of esters is 1. The summed E-state index contributed by atoms with van der Waals surface area (Å²) in [6.07, 6.45) is 0.0875. The van der Waals surface area contributed by atoms with Crippen LogP contribution in [0.25, 0.3) is 0 Å². The van der Waals surface area contributed by atoms with Crippen LogP contribution in [0.3, 0.4) is 0 Å². The average Bonchev–Trinajstić information content (AvgIpc) is 3.37. The summed E-state index contributed by atoms with van der Waals surface area (Å²) in [4.78, 5) is 46.0. The number of aliphatic imine (C=N–C) groups is 1. The third kappa shape index (κ3) is 6.22. The number of hydrogen-bond donors (Lipinski definition) is 0. The molecule has 3 aromatic rings. The van der Waals surface area contributed by atoms with Crippen LogP contribution in [0.15, 0.2) is 112 Å². The number of carbonyl (C=O) groups is 2. The summed E-state index contributed by atoms with van der Waals surface area (Å²) in [7, 11) is 1.76. The van der Waals surface area contributed by atoms with E-state index in [2.05, 4.69) is 0 Å². The number of carbonyl (C=O) groups excluding carboxylic acids is 2. The molecule has 3 aromatic carbocycles. The molecule has 10 heteroatoms. The maximum Gasteiger partial charge on any atom is 0.338 e. The first-order valence-corrected chi connectivity index (χ1v) is 13.9. The van der Waals surface area contributed by atoms with Gasteiger partial charge < -0.3 is 14.5 Å². The SMILES string of the molecule is CC1=C(C(=O)OCc2ccccc2)C(c2ccc([N+](=O)[O-])cc2)N2C(CC(=O)N(C)Cc3ccccc3)=CSC2=N1. The molecule has 0 aliphatic carbocycles. The summed E-state index contributed by atoms with van der Waals surface area (Å²) in [5.41, 5.74) is 3.94. The third-order valence-corrected chi connectivity index (χ3v) is 7.76. The minimum atomic E-state index is -0.681. The Hall–Kier alpha value is -4.70. The fourth-order valence-electron chi connectivity index (χ4n) is 4.76. The van der Waals surface area contributed by atoms with Crippen LogP contribution in [-0.2, 0) is 27.5 Å². The zero-order valence-corrected chi connectivity index (χ0v) is 23.4. The zero-order valence-electron chi connectivity index (χ0n) is 22.6. The second kappa shape index (κ2) is 12.2. The normalized spacial score (nSPS) is 16.0. The standard InChI is InChI=1S/C31H28N4O5S/c1-21-28(30(37)40-19-23-11-7-4-8-12-23)29(24-13-15-25(16-14-24)35(38)39)34-26(20-41-31(34)32-21)17-27(36)33(2)18-22-9-5-3-6-10-22/h3-16,20,29H,17-19H2,1-2H3. The van der Waals surface area contributed by atoms with Crippen LogP contribution in [-0.4, -0.2) is 38.8 Å². The van der Waals surface area contributed by atoms with Gasteiger partial charge in [0.05, 0.1) is 28.7 Å². The van der Waals surface area contributed by atoms with E-state index in [0.717, 1.165) is 11.1 Å². The highest BCUT2D eigenvalue weighted by atomic mass is 32.2. The highest BCUT2D eigenvalue weighted by Crippen LogP contribution is 2.45. The fraction of sp³-hybridized carbons (Fsp3) is 0.194. The Morgan fingerprint density at radius 1 is 1.00 bits per heavy atom. The second-order valence-corrected chi connectivity index (χ2v) is 10.6. The molecular formula is C31H28N4O5S. The molecule has 1 amide bonds. The van der Waals surface area contributed by atoms with Gasteiger partial charge in [0, 0.05) is 31.4 Å². The molecule has 2 aliphatic rings. The molecule has 0 bridgehead atoms. The van der Waals surface area contributed by atoms with Gasteiger partial charge >= 0.3 is 5.97 Å². The lowest BCUT2D eigenvalue weighted by atomic mass is 9.93. The van der Waals surface area contributed by atoms with Gasteiger partial charge in [-0.2, -0.15) is 0 Å². The summed E-state index contributed by atoms with van der Waals surface area (Å²) in [6.45, 7) is 2.29. The van der Waals surface area contributed by atoms with E-state index in [-0.39, 0.29) is 24.6 Å². The van der Waals surface area contributed by atoms with Gasteiger partial charge in [-0.1, -0.05) is 72.4 Å². The molecule has 0 aromatic heterocycles. The van der Waals surface area contributed by atoms with Crippen LogP contribution in [0.4, 0.5) is 5.69 Å². The number of allylic oxidation sites excluding steroid dienone is 1. The largest absolute Gasteiger partial charge is 0.457 e. The molecule has 0 fully saturated rings. The number of thioether (sulfide) groups is 1. The molecule has 0 saturated carbocycles. The van der Waals surface area contributed by atoms with E-state index in [1.165, 1.54) is 23.9 Å². The molecule has 5 rings (SSSR count). The maximum atomic E-state index is 13.6. The van der Waals surface area contributed by atoms with Crippen molar-refractivity contribution in [2.45, 2.75) is 32.5 Å². The van der Waals surface area contributed by atoms with E-state index < -0.39 is 16.9 Å². The van der Waals surface area contributed by atoms with E-state index in [1.807, 2.05) is 71.0 Å². The molecule has 2 heterocycles. The highest BCUT2D eigenvalue weighted by molar-refractivity contribution is 8.16. The number of benzene rings is 3. The van der Waals surface area contributed by atoms with Crippen molar-refractivity contribution in [1.82, 2.24) is 9.80 Å². The van der Waals surface area contributed by atoms with E-state index in [0.29, 0.717) is 34.2 Å². The molecule has 208 valence electrons. The van der Waals surface area contributed by atoms with Crippen molar-refractivity contribution in [2.75, 3.05) is 7.05 Å². The molecule has 0 spiro atoms. The lowest BCUT2D eigenvalue weighted by Crippen LogP contribution is -2.38. The van der Waals surface area contributed by atoms with Gasteiger partial charge in [0.2, 0.25) is 5.91 Å². The minimum absolute atomic E-state index is 0.0587. The number of nitro benzene ring substituents is 1. The molecule has 9 nitrogen and oxygen atoms in total. The van der Waals surface area contributed by atoms with Crippen LogP contribution in [0.2, 0.25) is 0 Å². The average molecular weight is 569 g/mol. The number of rotatable bonds is 9. The van der Waals surface area contributed by atoms with Gasteiger partial charge in [-0.25, -0.2) is 9.79 Å². The molecular weight excluding hydrogens is 540 g/mol. The lowest BCUT2D eigenvalue weighted by Gasteiger charge is -2.36. The number of fused-ring (bicyclic) bond motifs is 1. The van der Waals surface area contributed by atoms with Crippen molar-refractivity contribution in [3.8, 4) is 0 Å². The van der Waals surface area contributed by atoms with Crippen molar-refractivity contribution >= 4 is 34.5 Å². The minimum Gasteiger partial charge on any atom is -0.457 e. The number of ether oxygens (including phenoxy) is 1. The molecule has 0 N–H and O–H groups in total. The first-order chi connectivity index (χ1) is 19.8.